The maximum Gasteiger partial charge on any atom is 0.323 e. The van der Waals surface area contributed by atoms with E-state index in [0.717, 1.165) is 12.8 Å². The number of aliphatic carboxylic acids is 1. The van der Waals surface area contributed by atoms with Crippen molar-refractivity contribution in [3.63, 3.8) is 0 Å². The van der Waals surface area contributed by atoms with Gasteiger partial charge in [0.1, 0.15) is 6.54 Å². The summed E-state index contributed by atoms with van der Waals surface area (Å²) in [5.41, 5.74) is 0.581. The van der Waals surface area contributed by atoms with Crippen molar-refractivity contribution in [3.8, 4) is 0 Å². The van der Waals surface area contributed by atoms with Gasteiger partial charge in [0.25, 0.3) is 11.6 Å². The Balaban J connectivity index is 2.31. The summed E-state index contributed by atoms with van der Waals surface area (Å²) in [4.78, 5) is 34.7. The summed E-state index contributed by atoms with van der Waals surface area (Å²) < 4.78 is 0. The van der Waals surface area contributed by atoms with Crippen molar-refractivity contribution in [1.82, 2.24) is 4.90 Å². The third-order valence-electron chi connectivity index (χ3n) is 3.07. The molecule has 7 nitrogen and oxygen atoms in total. The van der Waals surface area contributed by atoms with Gasteiger partial charge in [0, 0.05) is 23.7 Å². The van der Waals surface area contributed by atoms with Crippen LogP contribution in [0.5, 0.6) is 0 Å². The number of nitro benzene ring substituents is 1. The van der Waals surface area contributed by atoms with Crippen LogP contribution in [0.2, 0.25) is 0 Å². The van der Waals surface area contributed by atoms with Crippen LogP contribution in [-0.2, 0) is 4.79 Å². The smallest absolute Gasteiger partial charge is 0.323 e. The van der Waals surface area contributed by atoms with Crippen molar-refractivity contribution in [2.24, 2.45) is 0 Å². The zero-order valence-electron chi connectivity index (χ0n) is 10.9. The lowest BCUT2D eigenvalue weighted by molar-refractivity contribution is -0.384. The number of hydrogen-bond donors (Lipinski definition) is 1. The highest BCUT2D eigenvalue weighted by Gasteiger charge is 2.34. The summed E-state index contributed by atoms with van der Waals surface area (Å²) in [6, 6.07) is 4.02. The molecular weight excluding hydrogens is 264 g/mol. The molecule has 0 bridgehead atoms. The standard InChI is InChI=1S/C13H14N2O5/c1-8-4-9(6-11(5-8)15(19)20)13(18)14(7-12(16)17)10-2-3-10/h4-6,10H,2-3,7H2,1H3,(H,16,17). The van der Waals surface area contributed by atoms with Crippen molar-refractivity contribution in [2.75, 3.05) is 6.54 Å². The van der Waals surface area contributed by atoms with E-state index in [0.29, 0.717) is 5.56 Å². The average Bonchev–Trinajstić information content (AvgIpc) is 3.18. The maximum atomic E-state index is 12.3. The summed E-state index contributed by atoms with van der Waals surface area (Å²) in [5, 5.41) is 19.7. The van der Waals surface area contributed by atoms with E-state index in [4.69, 9.17) is 5.11 Å². The van der Waals surface area contributed by atoms with Gasteiger partial charge in [0.05, 0.1) is 4.92 Å². The molecule has 1 aliphatic carbocycles. The van der Waals surface area contributed by atoms with Crippen LogP contribution in [0.15, 0.2) is 18.2 Å². The molecule has 0 heterocycles. The number of carboxylic acids is 1. The number of non-ortho nitro benzene ring substituents is 1. The Morgan fingerprint density at radius 3 is 2.55 bits per heavy atom. The van der Waals surface area contributed by atoms with Gasteiger partial charge in [-0.1, -0.05) is 0 Å². The van der Waals surface area contributed by atoms with Gasteiger partial charge < -0.3 is 10.0 Å². The van der Waals surface area contributed by atoms with E-state index in [9.17, 15) is 19.7 Å². The number of carbonyl (C=O) groups is 2. The van der Waals surface area contributed by atoms with Crippen LogP contribution in [0.1, 0.15) is 28.8 Å². The minimum absolute atomic E-state index is 0.0711. The first kappa shape index (κ1) is 14.0. The van der Waals surface area contributed by atoms with E-state index in [1.807, 2.05) is 0 Å². The first-order valence-corrected chi connectivity index (χ1v) is 6.17. The number of carbonyl (C=O) groups excluding carboxylic acids is 1. The molecule has 0 atom stereocenters. The van der Waals surface area contributed by atoms with E-state index in [1.165, 1.54) is 23.1 Å². The van der Waals surface area contributed by atoms with Crippen molar-refractivity contribution >= 4 is 17.6 Å². The predicted molar refractivity (Wildman–Crippen MR) is 69.5 cm³/mol. The van der Waals surface area contributed by atoms with Crippen molar-refractivity contribution < 1.29 is 19.6 Å². The molecule has 0 aromatic heterocycles. The van der Waals surface area contributed by atoms with Crippen molar-refractivity contribution in [1.29, 1.82) is 0 Å². The molecule has 1 aromatic carbocycles. The molecular formula is C13H14N2O5. The third kappa shape index (κ3) is 3.11. The predicted octanol–water partition coefficient (Wildman–Crippen LogP) is 1.59. The fourth-order valence-electron chi connectivity index (χ4n) is 2.06. The summed E-state index contributed by atoms with van der Waals surface area (Å²) >= 11 is 0. The van der Waals surface area contributed by atoms with Crippen LogP contribution < -0.4 is 0 Å². The average molecular weight is 278 g/mol. The number of aryl methyl sites for hydroxylation is 1. The lowest BCUT2D eigenvalue weighted by Gasteiger charge is -2.20. The number of nitrogens with zero attached hydrogens (tertiary/aromatic N) is 2. The monoisotopic (exact) mass is 278 g/mol. The number of carboxylic acid groups (broad SMARTS) is 1. The Kier molecular flexibility index (Phi) is 3.69. The van der Waals surface area contributed by atoms with Crippen LogP contribution >= 0.6 is 0 Å². The Hall–Kier alpha value is -2.44. The number of benzene rings is 1. The van der Waals surface area contributed by atoms with E-state index in [2.05, 4.69) is 0 Å². The Morgan fingerprint density at radius 1 is 1.40 bits per heavy atom. The normalized spacial score (nSPS) is 13.8. The molecule has 0 radical (unpaired) electrons. The van der Waals surface area contributed by atoms with Crippen molar-refractivity contribution in [2.45, 2.75) is 25.8 Å². The van der Waals surface area contributed by atoms with Crippen LogP contribution in [0.25, 0.3) is 0 Å². The first-order chi connectivity index (χ1) is 9.38. The first-order valence-electron chi connectivity index (χ1n) is 6.17. The molecule has 0 unspecified atom stereocenters. The number of nitro groups is 1. The summed E-state index contributed by atoms with van der Waals surface area (Å²) in [6.07, 6.45) is 1.54. The van der Waals surface area contributed by atoms with E-state index < -0.39 is 16.8 Å². The summed E-state index contributed by atoms with van der Waals surface area (Å²) in [6.45, 7) is 1.27. The summed E-state index contributed by atoms with van der Waals surface area (Å²) in [5.74, 6) is -1.56. The highest BCUT2D eigenvalue weighted by atomic mass is 16.6. The second-order valence-corrected chi connectivity index (χ2v) is 4.87. The van der Waals surface area contributed by atoms with E-state index >= 15 is 0 Å². The Morgan fingerprint density at radius 2 is 2.05 bits per heavy atom. The third-order valence-corrected chi connectivity index (χ3v) is 3.07. The van der Waals surface area contributed by atoms with Gasteiger partial charge in [-0.25, -0.2) is 0 Å². The van der Waals surface area contributed by atoms with Gasteiger partial charge in [0.2, 0.25) is 0 Å². The minimum Gasteiger partial charge on any atom is -0.480 e. The van der Waals surface area contributed by atoms with E-state index in [-0.39, 0.29) is 23.8 Å². The van der Waals surface area contributed by atoms with Crippen molar-refractivity contribution in [3.05, 3.63) is 39.4 Å². The minimum atomic E-state index is -1.09. The number of rotatable bonds is 5. The molecule has 0 spiro atoms. The zero-order chi connectivity index (χ0) is 14.9. The van der Waals surface area contributed by atoms with Gasteiger partial charge in [-0.15, -0.1) is 0 Å². The van der Waals surface area contributed by atoms with Gasteiger partial charge in [-0.3, -0.25) is 19.7 Å². The van der Waals surface area contributed by atoms with Gasteiger partial charge >= 0.3 is 5.97 Å². The second-order valence-electron chi connectivity index (χ2n) is 4.87. The maximum absolute atomic E-state index is 12.3. The molecule has 1 amide bonds. The fraction of sp³-hybridized carbons (Fsp3) is 0.385. The molecule has 1 N–H and O–H groups in total. The molecule has 0 aliphatic heterocycles. The molecule has 1 aromatic rings. The Labute approximate surface area is 115 Å². The fourth-order valence-corrected chi connectivity index (χ4v) is 2.06. The second kappa shape index (κ2) is 5.28. The van der Waals surface area contributed by atoms with Gasteiger partial charge in [-0.05, 0) is 31.4 Å². The SMILES string of the molecule is Cc1cc(C(=O)N(CC(=O)O)C2CC2)cc([N+](=O)[O-])c1. The van der Waals surface area contributed by atoms with E-state index in [1.54, 1.807) is 6.92 Å². The Bertz CT molecular complexity index is 580. The zero-order valence-corrected chi connectivity index (χ0v) is 10.9. The molecule has 2 rings (SSSR count). The van der Waals surface area contributed by atoms with Crippen LogP contribution in [-0.4, -0.2) is 39.4 Å². The number of hydrogen-bond acceptors (Lipinski definition) is 4. The van der Waals surface area contributed by atoms with Crippen LogP contribution in [0.3, 0.4) is 0 Å². The molecule has 1 saturated carbocycles. The molecule has 1 aliphatic rings. The molecule has 7 heteroatoms. The molecule has 20 heavy (non-hydrogen) atoms. The lowest BCUT2D eigenvalue weighted by atomic mass is 10.1. The largest absolute Gasteiger partial charge is 0.480 e. The lowest BCUT2D eigenvalue weighted by Crippen LogP contribution is -2.37. The quantitative estimate of drug-likeness (QED) is 0.651. The van der Waals surface area contributed by atoms with Gasteiger partial charge in [-0.2, -0.15) is 0 Å². The molecule has 0 saturated heterocycles. The molecule has 1 fully saturated rings. The topological polar surface area (TPSA) is 101 Å². The number of amides is 1. The highest BCUT2D eigenvalue weighted by Crippen LogP contribution is 2.29. The van der Waals surface area contributed by atoms with Gasteiger partial charge in [0.15, 0.2) is 0 Å². The van der Waals surface area contributed by atoms with Crippen LogP contribution in [0.4, 0.5) is 5.69 Å². The highest BCUT2D eigenvalue weighted by molar-refractivity contribution is 5.97. The molecule has 106 valence electrons. The summed E-state index contributed by atoms with van der Waals surface area (Å²) in [7, 11) is 0. The van der Waals surface area contributed by atoms with Crippen LogP contribution in [0, 0.1) is 17.0 Å².